The van der Waals surface area contributed by atoms with Gasteiger partial charge in [0, 0.05) is 18.0 Å². The Bertz CT molecular complexity index is 1310. The number of halogens is 1. The van der Waals surface area contributed by atoms with Crippen LogP contribution in [0.5, 0.6) is 5.75 Å². The van der Waals surface area contributed by atoms with Crippen LogP contribution in [0.1, 0.15) is 15.2 Å². The van der Waals surface area contributed by atoms with E-state index in [4.69, 9.17) is 4.74 Å². The van der Waals surface area contributed by atoms with Crippen molar-refractivity contribution >= 4 is 43.9 Å². The highest BCUT2D eigenvalue weighted by Gasteiger charge is 2.20. The molecule has 4 aromatic rings. The first-order valence-corrected chi connectivity index (χ1v) is 10.1. The van der Waals surface area contributed by atoms with Gasteiger partial charge in [-0.3, -0.25) is 14.9 Å². The molecule has 0 bridgehead atoms. The van der Waals surface area contributed by atoms with Crippen LogP contribution in [0.2, 0.25) is 0 Å². The molecule has 148 valence electrons. The molecule has 3 aromatic heterocycles. The third kappa shape index (κ3) is 3.40. The third-order valence-corrected chi connectivity index (χ3v) is 6.35. The van der Waals surface area contributed by atoms with Crippen LogP contribution in [0.25, 0.3) is 21.5 Å². The van der Waals surface area contributed by atoms with E-state index in [2.05, 4.69) is 15.3 Å². The Morgan fingerprint density at radius 2 is 2.14 bits per heavy atom. The predicted molar refractivity (Wildman–Crippen MR) is 112 cm³/mol. The summed E-state index contributed by atoms with van der Waals surface area (Å²) in [7, 11) is 3.01. The maximum Gasteiger partial charge on any atom is 0.267 e. The van der Waals surface area contributed by atoms with Crippen molar-refractivity contribution in [3.8, 4) is 17.0 Å². The second-order valence-electron chi connectivity index (χ2n) is 6.24. The Morgan fingerprint density at radius 3 is 2.86 bits per heavy atom. The summed E-state index contributed by atoms with van der Waals surface area (Å²) in [6, 6.07) is 4.55. The molecule has 29 heavy (non-hydrogen) atoms. The Kier molecular flexibility index (Phi) is 4.89. The van der Waals surface area contributed by atoms with Gasteiger partial charge in [0.1, 0.15) is 4.83 Å². The van der Waals surface area contributed by atoms with E-state index in [1.807, 2.05) is 0 Å². The van der Waals surface area contributed by atoms with Gasteiger partial charge in [-0.25, -0.2) is 14.4 Å². The molecule has 0 aliphatic rings. The van der Waals surface area contributed by atoms with Crippen molar-refractivity contribution < 1.29 is 13.9 Å². The fourth-order valence-electron chi connectivity index (χ4n) is 2.87. The van der Waals surface area contributed by atoms with E-state index in [-0.39, 0.29) is 17.2 Å². The number of anilines is 1. The average Bonchev–Trinajstić information content (AvgIpc) is 3.29. The molecule has 0 atom stereocenters. The molecule has 1 amide bonds. The summed E-state index contributed by atoms with van der Waals surface area (Å²) in [6.07, 6.45) is 1.43. The number of thiophene rings is 1. The van der Waals surface area contributed by atoms with Crippen LogP contribution in [0.3, 0.4) is 0 Å². The number of aromatic nitrogens is 3. The smallest absolute Gasteiger partial charge is 0.267 e. The molecular weight excluding hydrogens is 415 g/mol. The van der Waals surface area contributed by atoms with Gasteiger partial charge < -0.3 is 9.30 Å². The van der Waals surface area contributed by atoms with Crippen LogP contribution in [0.4, 0.5) is 9.52 Å². The molecule has 0 fully saturated rings. The van der Waals surface area contributed by atoms with Crippen molar-refractivity contribution in [1.82, 2.24) is 14.5 Å². The van der Waals surface area contributed by atoms with Crippen molar-refractivity contribution in [2.45, 2.75) is 6.92 Å². The van der Waals surface area contributed by atoms with E-state index in [0.717, 1.165) is 11.3 Å². The number of ether oxygens (including phenoxy) is 1. The van der Waals surface area contributed by atoms with E-state index < -0.39 is 5.82 Å². The number of amides is 1. The van der Waals surface area contributed by atoms with Crippen molar-refractivity contribution in [2.24, 2.45) is 7.05 Å². The Labute approximate surface area is 172 Å². The first-order chi connectivity index (χ1) is 13.9. The molecule has 10 heteroatoms. The largest absolute Gasteiger partial charge is 0.494 e. The number of methoxy groups -OCH3 is 1. The van der Waals surface area contributed by atoms with E-state index in [1.165, 1.54) is 41.5 Å². The molecule has 1 N–H and O–H groups in total. The van der Waals surface area contributed by atoms with Gasteiger partial charge in [0.15, 0.2) is 16.7 Å². The molecular formula is C19H15FN4O3S2. The number of rotatable bonds is 4. The molecule has 0 unspecified atom stereocenters. The monoisotopic (exact) mass is 430 g/mol. The summed E-state index contributed by atoms with van der Waals surface area (Å²) < 4.78 is 20.2. The molecule has 0 aliphatic heterocycles. The van der Waals surface area contributed by atoms with Gasteiger partial charge in [-0.1, -0.05) is 0 Å². The van der Waals surface area contributed by atoms with Crippen LogP contribution in [0, 0.1) is 12.7 Å². The predicted octanol–water partition coefficient (Wildman–Crippen LogP) is 3.83. The number of thiazole rings is 1. The summed E-state index contributed by atoms with van der Waals surface area (Å²) in [5.74, 6) is -0.703. The fraction of sp³-hybridized carbons (Fsp3) is 0.158. The number of carbonyl (C=O) groups excluding carboxylic acids is 1. The summed E-state index contributed by atoms with van der Waals surface area (Å²) in [6.45, 7) is 1.73. The SMILES string of the molecule is COc1ccc(-c2csc(NC(=O)c3sc4ncn(C)c(=O)c4c3C)n2)cc1F. The van der Waals surface area contributed by atoms with Crippen LogP contribution in [-0.4, -0.2) is 27.6 Å². The molecule has 3 heterocycles. The van der Waals surface area contributed by atoms with Crippen LogP contribution in [0.15, 0.2) is 34.7 Å². The molecule has 0 saturated carbocycles. The van der Waals surface area contributed by atoms with Gasteiger partial charge in [0.25, 0.3) is 11.5 Å². The Balaban J connectivity index is 1.61. The topological polar surface area (TPSA) is 86.1 Å². The van der Waals surface area contributed by atoms with Gasteiger partial charge >= 0.3 is 0 Å². The zero-order valence-electron chi connectivity index (χ0n) is 15.6. The van der Waals surface area contributed by atoms with Crippen molar-refractivity contribution in [3.63, 3.8) is 0 Å². The number of aryl methyl sites for hydroxylation is 2. The minimum Gasteiger partial charge on any atom is -0.494 e. The maximum atomic E-state index is 13.9. The second kappa shape index (κ2) is 7.37. The lowest BCUT2D eigenvalue weighted by Crippen LogP contribution is -2.17. The second-order valence-corrected chi connectivity index (χ2v) is 8.10. The zero-order valence-corrected chi connectivity index (χ0v) is 17.3. The number of hydrogen-bond donors (Lipinski definition) is 1. The van der Waals surface area contributed by atoms with Crippen molar-refractivity contribution in [1.29, 1.82) is 0 Å². The zero-order chi connectivity index (χ0) is 20.7. The summed E-state index contributed by atoms with van der Waals surface area (Å²) in [4.78, 5) is 34.6. The number of nitrogens with one attached hydrogen (secondary N) is 1. The number of fused-ring (bicyclic) bond motifs is 1. The normalized spacial score (nSPS) is 11.0. The number of carbonyl (C=O) groups is 1. The van der Waals surface area contributed by atoms with Crippen molar-refractivity contribution in [2.75, 3.05) is 12.4 Å². The van der Waals surface area contributed by atoms with E-state index in [9.17, 15) is 14.0 Å². The minimum absolute atomic E-state index is 0.150. The van der Waals surface area contributed by atoms with Crippen LogP contribution < -0.4 is 15.6 Å². The van der Waals surface area contributed by atoms with Gasteiger partial charge in [-0.15, -0.1) is 22.7 Å². The highest BCUT2D eigenvalue weighted by molar-refractivity contribution is 7.21. The van der Waals surface area contributed by atoms with Gasteiger partial charge in [0.2, 0.25) is 0 Å². The summed E-state index contributed by atoms with van der Waals surface area (Å²) in [5, 5.41) is 5.29. The molecule has 4 rings (SSSR count). The number of nitrogens with zero attached hydrogens (tertiary/aromatic N) is 3. The highest BCUT2D eigenvalue weighted by Crippen LogP contribution is 2.30. The molecule has 1 aromatic carbocycles. The van der Waals surface area contributed by atoms with Crippen LogP contribution in [-0.2, 0) is 7.05 Å². The first kappa shape index (κ1) is 19.2. The highest BCUT2D eigenvalue weighted by atomic mass is 32.1. The number of benzene rings is 1. The molecule has 0 radical (unpaired) electrons. The van der Waals surface area contributed by atoms with E-state index in [0.29, 0.717) is 37.0 Å². The lowest BCUT2D eigenvalue weighted by molar-refractivity contribution is 0.103. The minimum atomic E-state index is -0.487. The Hall–Kier alpha value is -3.11. The van der Waals surface area contributed by atoms with Crippen molar-refractivity contribution in [3.05, 3.63) is 56.5 Å². The van der Waals surface area contributed by atoms with E-state index >= 15 is 0 Å². The Morgan fingerprint density at radius 1 is 1.34 bits per heavy atom. The maximum absolute atomic E-state index is 13.9. The average molecular weight is 430 g/mol. The lowest BCUT2D eigenvalue weighted by atomic mass is 10.1. The number of hydrogen-bond acceptors (Lipinski definition) is 7. The van der Waals surface area contributed by atoms with Gasteiger partial charge in [-0.05, 0) is 30.7 Å². The van der Waals surface area contributed by atoms with Gasteiger partial charge in [0.05, 0.1) is 29.4 Å². The van der Waals surface area contributed by atoms with E-state index in [1.54, 1.807) is 25.4 Å². The fourth-order valence-corrected chi connectivity index (χ4v) is 4.62. The lowest BCUT2D eigenvalue weighted by Gasteiger charge is -2.03. The first-order valence-electron chi connectivity index (χ1n) is 8.44. The van der Waals surface area contributed by atoms with Crippen LogP contribution >= 0.6 is 22.7 Å². The third-order valence-electron chi connectivity index (χ3n) is 4.39. The molecule has 0 spiro atoms. The molecule has 0 saturated heterocycles. The van der Waals surface area contributed by atoms with Gasteiger partial charge in [-0.2, -0.15) is 0 Å². The molecule has 7 nitrogen and oxygen atoms in total. The standard InChI is InChI=1S/C19H15FN4O3S2/c1-9-14-17(21-8-24(2)18(14)26)29-15(9)16(25)23-19-22-12(7-28-19)10-4-5-13(27-3)11(20)6-10/h4-8H,1-3H3,(H,22,23,25). The quantitative estimate of drug-likeness (QED) is 0.532. The summed E-state index contributed by atoms with van der Waals surface area (Å²) in [5.41, 5.74) is 1.51. The summed E-state index contributed by atoms with van der Waals surface area (Å²) >= 11 is 2.39. The molecule has 0 aliphatic carbocycles.